The van der Waals surface area contributed by atoms with Crippen molar-refractivity contribution >= 4 is 28.5 Å². The normalized spacial score (nSPS) is 11.0. The first-order valence-corrected chi connectivity index (χ1v) is 7.21. The van der Waals surface area contributed by atoms with Gasteiger partial charge < -0.3 is 4.42 Å². The molecule has 0 atom stereocenters. The molecular weight excluding hydrogens is 294 g/mol. The van der Waals surface area contributed by atoms with Gasteiger partial charge in [-0.2, -0.15) is 0 Å². The molecule has 0 radical (unpaired) electrons. The van der Waals surface area contributed by atoms with Gasteiger partial charge in [0.05, 0.1) is 5.75 Å². The molecule has 2 aromatic carbocycles. The second kappa shape index (κ2) is 5.69. The summed E-state index contributed by atoms with van der Waals surface area (Å²) >= 11 is 1.23. The highest BCUT2D eigenvalue weighted by atomic mass is 32.2. The predicted molar refractivity (Wildman–Crippen MR) is 77.6 cm³/mol. The van der Waals surface area contributed by atoms with E-state index >= 15 is 0 Å². The first-order valence-electron chi connectivity index (χ1n) is 6.22. The Kier molecular flexibility index (Phi) is 3.75. The fourth-order valence-electron chi connectivity index (χ4n) is 1.93. The van der Waals surface area contributed by atoms with Gasteiger partial charge in [-0.1, -0.05) is 6.07 Å². The number of benzene rings is 2. The highest BCUT2D eigenvalue weighted by Gasteiger charge is 2.13. The van der Waals surface area contributed by atoms with Crippen molar-refractivity contribution < 1.29 is 18.0 Å². The van der Waals surface area contributed by atoms with E-state index in [9.17, 15) is 13.6 Å². The van der Waals surface area contributed by atoms with Gasteiger partial charge in [-0.25, -0.2) is 8.78 Å². The third-order valence-corrected chi connectivity index (χ3v) is 3.91. The number of rotatable bonds is 4. The summed E-state index contributed by atoms with van der Waals surface area (Å²) in [6.45, 7) is 0. The van der Waals surface area contributed by atoms with Crippen LogP contribution < -0.4 is 0 Å². The Balaban J connectivity index is 1.74. The molecule has 2 nitrogen and oxygen atoms in total. The van der Waals surface area contributed by atoms with Gasteiger partial charge >= 0.3 is 0 Å². The first kappa shape index (κ1) is 13.8. The molecule has 0 fully saturated rings. The Morgan fingerprint density at radius 1 is 1.05 bits per heavy atom. The summed E-state index contributed by atoms with van der Waals surface area (Å²) in [7, 11) is 0. The first-order chi connectivity index (χ1) is 10.1. The van der Waals surface area contributed by atoms with E-state index < -0.39 is 0 Å². The van der Waals surface area contributed by atoms with Gasteiger partial charge in [0.2, 0.25) is 5.78 Å². The van der Waals surface area contributed by atoms with Crippen molar-refractivity contribution in [2.75, 3.05) is 5.75 Å². The van der Waals surface area contributed by atoms with E-state index in [-0.39, 0.29) is 28.9 Å². The summed E-state index contributed by atoms with van der Waals surface area (Å²) in [5, 5.41) is 0.550. The molecule has 0 saturated carbocycles. The van der Waals surface area contributed by atoms with Crippen LogP contribution in [0.15, 0.2) is 57.8 Å². The molecule has 0 unspecified atom stereocenters. The maximum Gasteiger partial charge on any atom is 0.208 e. The summed E-state index contributed by atoms with van der Waals surface area (Å²) < 4.78 is 31.5. The van der Waals surface area contributed by atoms with E-state index in [0.717, 1.165) is 0 Å². The third-order valence-electron chi connectivity index (χ3n) is 2.92. The van der Waals surface area contributed by atoms with Crippen LogP contribution in [0.3, 0.4) is 0 Å². The van der Waals surface area contributed by atoms with Crippen molar-refractivity contribution in [1.82, 2.24) is 0 Å². The van der Waals surface area contributed by atoms with E-state index in [1.54, 1.807) is 12.1 Å². The van der Waals surface area contributed by atoms with Gasteiger partial charge in [0.25, 0.3) is 0 Å². The van der Waals surface area contributed by atoms with Crippen LogP contribution in [0.2, 0.25) is 0 Å². The Morgan fingerprint density at radius 2 is 1.86 bits per heavy atom. The fourth-order valence-corrected chi connectivity index (χ4v) is 2.74. The molecule has 0 saturated heterocycles. The van der Waals surface area contributed by atoms with Gasteiger partial charge in [-0.05, 0) is 42.5 Å². The molecular formula is C16H10F2O2S. The lowest BCUT2D eigenvalue weighted by Gasteiger charge is -1.99. The van der Waals surface area contributed by atoms with E-state index in [2.05, 4.69) is 0 Å². The maximum atomic E-state index is 13.1. The molecule has 3 rings (SSSR count). The Labute approximate surface area is 123 Å². The monoisotopic (exact) mass is 304 g/mol. The summed E-state index contributed by atoms with van der Waals surface area (Å²) in [5.74, 6) is -0.630. The van der Waals surface area contributed by atoms with Crippen LogP contribution in [-0.4, -0.2) is 11.5 Å². The lowest BCUT2D eigenvalue weighted by molar-refractivity contribution is 0.0994. The molecule has 5 heteroatoms. The highest BCUT2D eigenvalue weighted by molar-refractivity contribution is 8.00. The molecule has 0 aliphatic heterocycles. The largest absolute Gasteiger partial charge is 0.453 e. The molecule has 3 aromatic rings. The van der Waals surface area contributed by atoms with Crippen molar-refractivity contribution in [3.8, 4) is 0 Å². The second-order valence-electron chi connectivity index (χ2n) is 4.46. The zero-order chi connectivity index (χ0) is 14.8. The van der Waals surface area contributed by atoms with E-state index in [4.69, 9.17) is 4.42 Å². The van der Waals surface area contributed by atoms with Crippen LogP contribution in [0.4, 0.5) is 8.78 Å². The summed E-state index contributed by atoms with van der Waals surface area (Å²) in [6.07, 6.45) is 0. The minimum atomic E-state index is -0.378. The van der Waals surface area contributed by atoms with Crippen LogP contribution in [0.5, 0.6) is 0 Å². The zero-order valence-corrected chi connectivity index (χ0v) is 11.6. The van der Waals surface area contributed by atoms with Crippen molar-refractivity contribution in [2.45, 2.75) is 4.90 Å². The van der Waals surface area contributed by atoms with Crippen molar-refractivity contribution in [1.29, 1.82) is 0 Å². The average molecular weight is 304 g/mol. The smallest absolute Gasteiger partial charge is 0.208 e. The van der Waals surface area contributed by atoms with Crippen LogP contribution >= 0.6 is 11.8 Å². The number of ketones is 1. The molecule has 0 spiro atoms. The lowest BCUT2D eigenvalue weighted by Crippen LogP contribution is -2.00. The Hall–Kier alpha value is -2.14. The van der Waals surface area contributed by atoms with Gasteiger partial charge in [0.15, 0.2) is 5.76 Å². The molecule has 106 valence electrons. The van der Waals surface area contributed by atoms with Crippen molar-refractivity contribution in [3.63, 3.8) is 0 Å². The molecule has 0 aliphatic rings. The van der Waals surface area contributed by atoms with Crippen LogP contribution in [0.25, 0.3) is 11.0 Å². The molecule has 0 N–H and O–H groups in total. The second-order valence-corrected chi connectivity index (χ2v) is 5.51. The van der Waals surface area contributed by atoms with Gasteiger partial charge in [-0.3, -0.25) is 4.79 Å². The SMILES string of the molecule is O=C(CSc1cccc(F)c1)c1cc2cc(F)ccc2o1. The lowest BCUT2D eigenvalue weighted by atomic mass is 10.2. The van der Waals surface area contributed by atoms with E-state index in [1.807, 2.05) is 0 Å². The Morgan fingerprint density at radius 3 is 2.67 bits per heavy atom. The number of thioether (sulfide) groups is 1. The zero-order valence-electron chi connectivity index (χ0n) is 10.8. The van der Waals surface area contributed by atoms with Crippen LogP contribution in [0, 0.1) is 11.6 Å². The standard InChI is InChI=1S/C16H10F2O2S/c17-11-2-1-3-13(8-11)21-9-14(19)16-7-10-6-12(18)4-5-15(10)20-16/h1-8H,9H2. The molecule has 1 heterocycles. The number of halogens is 2. The number of fused-ring (bicyclic) bond motifs is 1. The number of carbonyl (C=O) groups is 1. The molecule has 0 amide bonds. The molecule has 1 aromatic heterocycles. The number of furan rings is 1. The van der Waals surface area contributed by atoms with Crippen LogP contribution in [0.1, 0.15) is 10.6 Å². The van der Waals surface area contributed by atoms with E-state index in [1.165, 1.54) is 48.2 Å². The molecule has 0 bridgehead atoms. The minimum absolute atomic E-state index is 0.131. The van der Waals surface area contributed by atoms with Crippen molar-refractivity contribution in [2.24, 2.45) is 0 Å². The highest BCUT2D eigenvalue weighted by Crippen LogP contribution is 2.24. The summed E-state index contributed by atoms with van der Waals surface area (Å²) in [4.78, 5) is 12.7. The molecule has 21 heavy (non-hydrogen) atoms. The predicted octanol–water partition coefficient (Wildman–Crippen LogP) is 4.69. The number of hydrogen-bond acceptors (Lipinski definition) is 3. The summed E-state index contributed by atoms with van der Waals surface area (Å²) in [5.41, 5.74) is 0.468. The number of carbonyl (C=O) groups excluding carboxylic acids is 1. The maximum absolute atomic E-state index is 13.1. The Bertz CT molecular complexity index is 811. The fraction of sp³-hybridized carbons (Fsp3) is 0.0625. The topological polar surface area (TPSA) is 30.2 Å². The van der Waals surface area contributed by atoms with E-state index in [0.29, 0.717) is 15.9 Å². The average Bonchev–Trinajstić information content (AvgIpc) is 2.88. The quantitative estimate of drug-likeness (QED) is 0.517. The van der Waals surface area contributed by atoms with Gasteiger partial charge in [0.1, 0.15) is 17.2 Å². The molecule has 0 aliphatic carbocycles. The minimum Gasteiger partial charge on any atom is -0.453 e. The third kappa shape index (κ3) is 3.13. The number of hydrogen-bond donors (Lipinski definition) is 0. The number of Topliss-reactive ketones (excluding diaryl/α,β-unsaturated/α-hetero) is 1. The summed E-state index contributed by atoms with van der Waals surface area (Å²) in [6, 6.07) is 11.6. The van der Waals surface area contributed by atoms with Gasteiger partial charge in [-0.15, -0.1) is 11.8 Å². The van der Waals surface area contributed by atoms with Crippen molar-refractivity contribution in [3.05, 3.63) is 65.9 Å². The van der Waals surface area contributed by atoms with Gasteiger partial charge in [0, 0.05) is 10.3 Å². The van der Waals surface area contributed by atoms with Crippen LogP contribution in [-0.2, 0) is 0 Å².